The van der Waals surface area contributed by atoms with Gasteiger partial charge < -0.3 is 4.98 Å². The van der Waals surface area contributed by atoms with Crippen molar-refractivity contribution >= 4 is 10.9 Å². The maximum atomic E-state index is 12.8. The van der Waals surface area contributed by atoms with Crippen molar-refractivity contribution in [2.75, 3.05) is 0 Å². The molecule has 1 fully saturated rings. The van der Waals surface area contributed by atoms with Gasteiger partial charge in [-0.25, -0.2) is 4.98 Å². The molecule has 0 radical (unpaired) electrons. The van der Waals surface area contributed by atoms with E-state index in [0.717, 1.165) is 18.9 Å². The Hall–Kier alpha value is -1.85. The van der Waals surface area contributed by atoms with Crippen LogP contribution in [0.25, 0.3) is 10.9 Å². The molecular weight excluding hydrogens is 257 g/mol. The van der Waals surface area contributed by atoms with Crippen molar-refractivity contribution in [2.45, 2.75) is 31.9 Å². The number of nitrogens with zero attached hydrogens (tertiary/aromatic N) is 1. The van der Waals surface area contributed by atoms with E-state index in [1.54, 1.807) is 0 Å². The maximum Gasteiger partial charge on any atom is 0.416 e. The van der Waals surface area contributed by atoms with Crippen LogP contribution >= 0.6 is 0 Å². The van der Waals surface area contributed by atoms with Crippen molar-refractivity contribution in [1.29, 1.82) is 0 Å². The third kappa shape index (κ3) is 2.11. The molecular formula is C13H11F3N2O. The number of halogens is 3. The Labute approximate surface area is 106 Å². The summed E-state index contributed by atoms with van der Waals surface area (Å²) in [6, 6.07) is 2.21. The summed E-state index contributed by atoms with van der Waals surface area (Å²) in [5.41, 5.74) is -0.960. The van der Waals surface area contributed by atoms with Gasteiger partial charge in [-0.05, 0) is 37.5 Å². The van der Waals surface area contributed by atoms with Gasteiger partial charge in [-0.3, -0.25) is 4.79 Å². The first-order valence-corrected chi connectivity index (χ1v) is 5.98. The molecule has 3 nitrogen and oxygen atoms in total. The Balaban J connectivity index is 2.28. The van der Waals surface area contributed by atoms with E-state index in [1.807, 2.05) is 0 Å². The van der Waals surface area contributed by atoms with Crippen LogP contribution in [0, 0.1) is 6.92 Å². The number of aryl methyl sites for hydroxylation is 1. The number of aromatic nitrogens is 2. The minimum atomic E-state index is -4.43. The molecule has 19 heavy (non-hydrogen) atoms. The fourth-order valence-corrected chi connectivity index (χ4v) is 2.17. The molecule has 0 atom stereocenters. The number of H-pyrrole nitrogens is 1. The summed E-state index contributed by atoms with van der Waals surface area (Å²) in [5, 5.41) is 0.204. The van der Waals surface area contributed by atoms with Crippen LogP contribution in [0.15, 0.2) is 16.9 Å². The van der Waals surface area contributed by atoms with Crippen LogP contribution in [0.3, 0.4) is 0 Å². The van der Waals surface area contributed by atoms with Crippen molar-refractivity contribution in [1.82, 2.24) is 9.97 Å². The highest BCUT2D eigenvalue weighted by atomic mass is 19.4. The zero-order valence-electron chi connectivity index (χ0n) is 10.1. The van der Waals surface area contributed by atoms with E-state index in [0.29, 0.717) is 5.82 Å². The van der Waals surface area contributed by atoms with E-state index in [4.69, 9.17) is 0 Å². The molecule has 100 valence electrons. The molecule has 0 unspecified atom stereocenters. The lowest BCUT2D eigenvalue weighted by Crippen LogP contribution is -2.14. The second-order valence-electron chi connectivity index (χ2n) is 4.91. The summed E-state index contributed by atoms with van der Waals surface area (Å²) in [6.45, 7) is 1.34. The molecule has 1 aromatic heterocycles. The lowest BCUT2D eigenvalue weighted by atomic mass is 10.1. The van der Waals surface area contributed by atoms with Gasteiger partial charge in [0.2, 0.25) is 0 Å². The van der Waals surface area contributed by atoms with Crippen molar-refractivity contribution in [3.63, 3.8) is 0 Å². The molecule has 0 aliphatic heterocycles. The summed E-state index contributed by atoms with van der Waals surface area (Å²) in [7, 11) is 0. The molecule has 1 N–H and O–H groups in total. The Morgan fingerprint density at radius 1 is 1.32 bits per heavy atom. The lowest BCUT2D eigenvalue weighted by molar-refractivity contribution is -0.137. The molecule has 0 bridgehead atoms. The predicted molar refractivity (Wildman–Crippen MR) is 64.1 cm³/mol. The van der Waals surface area contributed by atoms with Gasteiger partial charge in [0.05, 0.1) is 16.5 Å². The number of alkyl halides is 3. The summed E-state index contributed by atoms with van der Waals surface area (Å²) in [4.78, 5) is 18.7. The van der Waals surface area contributed by atoms with Crippen LogP contribution in [0.4, 0.5) is 13.2 Å². The first-order valence-electron chi connectivity index (χ1n) is 5.98. The highest BCUT2D eigenvalue weighted by Crippen LogP contribution is 2.38. The van der Waals surface area contributed by atoms with E-state index < -0.39 is 11.7 Å². The fourth-order valence-electron chi connectivity index (χ4n) is 2.17. The summed E-state index contributed by atoms with van der Waals surface area (Å²) in [6.07, 6.45) is -2.58. The van der Waals surface area contributed by atoms with Crippen molar-refractivity contribution in [3.8, 4) is 0 Å². The molecule has 1 aliphatic carbocycles. The van der Waals surface area contributed by atoms with Crippen LogP contribution < -0.4 is 5.56 Å². The Kier molecular flexibility index (Phi) is 2.45. The van der Waals surface area contributed by atoms with Crippen molar-refractivity contribution in [2.24, 2.45) is 0 Å². The molecule has 1 aliphatic rings. The van der Waals surface area contributed by atoms with Crippen LogP contribution in [0.5, 0.6) is 0 Å². The summed E-state index contributed by atoms with van der Waals surface area (Å²) >= 11 is 0. The number of hydrogen-bond acceptors (Lipinski definition) is 2. The van der Waals surface area contributed by atoms with E-state index >= 15 is 0 Å². The topological polar surface area (TPSA) is 45.8 Å². The monoisotopic (exact) mass is 268 g/mol. The number of hydrogen-bond donors (Lipinski definition) is 1. The molecule has 0 amide bonds. The molecule has 1 saturated carbocycles. The van der Waals surface area contributed by atoms with Gasteiger partial charge in [0.1, 0.15) is 5.82 Å². The second-order valence-corrected chi connectivity index (χ2v) is 4.91. The van der Waals surface area contributed by atoms with Crippen molar-refractivity contribution < 1.29 is 13.2 Å². The van der Waals surface area contributed by atoms with Crippen LogP contribution in [0.1, 0.15) is 35.7 Å². The third-order valence-electron chi connectivity index (χ3n) is 3.34. The molecule has 0 spiro atoms. The highest BCUT2D eigenvalue weighted by Gasteiger charge is 2.33. The van der Waals surface area contributed by atoms with Gasteiger partial charge in [-0.2, -0.15) is 13.2 Å². The first kappa shape index (κ1) is 12.2. The molecule has 3 rings (SSSR count). The summed E-state index contributed by atoms with van der Waals surface area (Å²) < 4.78 is 38.5. The number of benzene rings is 1. The predicted octanol–water partition coefficient (Wildman–Crippen LogP) is 3.13. The van der Waals surface area contributed by atoms with E-state index in [1.165, 1.54) is 13.0 Å². The van der Waals surface area contributed by atoms with E-state index in [2.05, 4.69) is 9.97 Å². The lowest BCUT2D eigenvalue weighted by Gasteiger charge is -2.11. The Morgan fingerprint density at radius 2 is 2.00 bits per heavy atom. The van der Waals surface area contributed by atoms with Gasteiger partial charge in [-0.15, -0.1) is 0 Å². The van der Waals surface area contributed by atoms with Gasteiger partial charge in [0.25, 0.3) is 5.56 Å². The average Bonchev–Trinajstić information content (AvgIpc) is 3.11. The van der Waals surface area contributed by atoms with Crippen LogP contribution in [-0.4, -0.2) is 9.97 Å². The molecule has 1 heterocycles. The van der Waals surface area contributed by atoms with Crippen molar-refractivity contribution in [3.05, 3.63) is 39.4 Å². The number of fused-ring (bicyclic) bond motifs is 1. The number of rotatable bonds is 1. The van der Waals surface area contributed by atoms with Gasteiger partial charge in [0.15, 0.2) is 0 Å². The molecule has 1 aromatic carbocycles. The van der Waals surface area contributed by atoms with Gasteiger partial charge >= 0.3 is 6.18 Å². The standard InChI is InChI=1S/C13H11F3N2O/c1-6-4-8-10(5-9(6)13(14,15)16)17-11(7-2-3-7)18-12(8)19/h4-5,7H,2-3H2,1H3,(H,17,18,19). The quantitative estimate of drug-likeness (QED) is 0.863. The Morgan fingerprint density at radius 3 is 2.58 bits per heavy atom. The number of nitrogens with one attached hydrogen (secondary N) is 1. The smallest absolute Gasteiger partial charge is 0.310 e. The zero-order valence-corrected chi connectivity index (χ0v) is 10.1. The largest absolute Gasteiger partial charge is 0.416 e. The van der Waals surface area contributed by atoms with Crippen LogP contribution in [0.2, 0.25) is 0 Å². The average molecular weight is 268 g/mol. The number of aromatic amines is 1. The summed E-state index contributed by atoms with van der Waals surface area (Å²) in [5.74, 6) is 0.683. The maximum absolute atomic E-state index is 12.8. The molecule has 2 aromatic rings. The van der Waals surface area contributed by atoms with E-state index in [-0.39, 0.29) is 27.9 Å². The molecule has 0 saturated heterocycles. The normalized spacial score (nSPS) is 16.0. The minimum absolute atomic E-state index is 0.0338. The SMILES string of the molecule is Cc1cc2c(=O)[nH]c(C3CC3)nc2cc1C(F)(F)F. The molecule has 6 heteroatoms. The first-order chi connectivity index (χ1) is 8.86. The Bertz CT molecular complexity index is 714. The second kappa shape index (κ2) is 3.82. The zero-order chi connectivity index (χ0) is 13.8. The van der Waals surface area contributed by atoms with Crippen LogP contribution in [-0.2, 0) is 6.18 Å². The van der Waals surface area contributed by atoms with E-state index in [9.17, 15) is 18.0 Å². The van der Waals surface area contributed by atoms with Gasteiger partial charge in [0, 0.05) is 5.92 Å². The highest BCUT2D eigenvalue weighted by molar-refractivity contribution is 5.79. The fraction of sp³-hybridized carbons (Fsp3) is 0.385. The van der Waals surface area contributed by atoms with Gasteiger partial charge in [-0.1, -0.05) is 0 Å². The minimum Gasteiger partial charge on any atom is -0.310 e. The third-order valence-corrected chi connectivity index (χ3v) is 3.34.